The van der Waals surface area contributed by atoms with Crippen LogP contribution in [0.5, 0.6) is 0 Å². The zero-order chi connectivity index (χ0) is 18.7. The van der Waals surface area contributed by atoms with E-state index in [4.69, 9.17) is 4.74 Å². The van der Waals surface area contributed by atoms with E-state index >= 15 is 0 Å². The molecule has 0 saturated heterocycles. The smallest absolute Gasteiger partial charge is 0.354 e. The van der Waals surface area contributed by atoms with E-state index in [1.807, 2.05) is 54.7 Å². The lowest BCUT2D eigenvalue weighted by atomic mass is 10.2. The molecule has 7 heteroatoms. The van der Waals surface area contributed by atoms with Crippen LogP contribution < -0.4 is 10.2 Å². The summed E-state index contributed by atoms with van der Waals surface area (Å²) >= 11 is 1.49. The first-order valence-corrected chi connectivity index (χ1v) is 9.05. The number of ether oxygens (including phenoxy) is 1. The van der Waals surface area contributed by atoms with Crippen LogP contribution in [0.4, 0.5) is 5.69 Å². The number of anilines is 1. The van der Waals surface area contributed by atoms with Gasteiger partial charge in [-0.3, -0.25) is 4.79 Å². The van der Waals surface area contributed by atoms with Gasteiger partial charge in [-0.1, -0.05) is 12.1 Å². The molecule has 0 atom stereocenters. The molecule has 26 heavy (non-hydrogen) atoms. The number of benzene rings is 1. The van der Waals surface area contributed by atoms with Crippen LogP contribution in [0.2, 0.25) is 0 Å². The number of fused-ring (bicyclic) bond motifs is 1. The highest BCUT2D eigenvalue weighted by atomic mass is 32.1. The summed E-state index contributed by atoms with van der Waals surface area (Å²) < 4.78 is 6.53. The van der Waals surface area contributed by atoms with Gasteiger partial charge in [0.25, 0.3) is 0 Å². The third kappa shape index (κ3) is 3.72. The minimum atomic E-state index is -0.444. The maximum atomic E-state index is 12.4. The predicted molar refractivity (Wildman–Crippen MR) is 104 cm³/mol. The van der Waals surface area contributed by atoms with Gasteiger partial charge < -0.3 is 19.5 Å². The van der Waals surface area contributed by atoms with Crippen LogP contribution in [0.1, 0.15) is 16.1 Å². The number of hydrogen-bond donors (Lipinski definition) is 1. The van der Waals surface area contributed by atoms with Crippen molar-refractivity contribution in [3.63, 3.8) is 0 Å². The van der Waals surface area contributed by atoms with Crippen molar-refractivity contribution in [3.8, 4) is 0 Å². The number of carbonyl (C=O) groups is 2. The molecule has 0 radical (unpaired) electrons. The Hall–Kier alpha value is -2.80. The molecule has 0 saturated carbocycles. The molecular formula is C19H21N3O3S. The second-order valence-corrected chi connectivity index (χ2v) is 7.02. The Morgan fingerprint density at radius 1 is 1.19 bits per heavy atom. The summed E-state index contributed by atoms with van der Waals surface area (Å²) in [5.74, 6) is -0.599. The zero-order valence-corrected chi connectivity index (χ0v) is 15.8. The highest BCUT2D eigenvalue weighted by Crippen LogP contribution is 2.25. The van der Waals surface area contributed by atoms with E-state index in [2.05, 4.69) is 5.32 Å². The molecule has 1 N–H and O–H groups in total. The van der Waals surface area contributed by atoms with Crippen LogP contribution in [-0.2, 0) is 22.6 Å². The summed E-state index contributed by atoms with van der Waals surface area (Å²) in [4.78, 5) is 27.3. The van der Waals surface area contributed by atoms with E-state index in [0.717, 1.165) is 21.5 Å². The zero-order valence-electron chi connectivity index (χ0n) is 15.0. The standard InChI is InChI=1S/C19H21N3O3S/c1-21(2)15-6-4-13(5-7-15)11-20-17(23)12-22-16(19(24)25-3)10-14-8-9-26-18(14)22/h4-10H,11-12H2,1-3H3,(H,20,23). The van der Waals surface area contributed by atoms with Crippen molar-refractivity contribution in [2.45, 2.75) is 13.1 Å². The topological polar surface area (TPSA) is 63.6 Å². The van der Waals surface area contributed by atoms with Gasteiger partial charge in [0.05, 0.1) is 7.11 Å². The van der Waals surface area contributed by atoms with Gasteiger partial charge in [0.1, 0.15) is 17.1 Å². The molecule has 1 amide bonds. The highest BCUT2D eigenvalue weighted by molar-refractivity contribution is 7.16. The van der Waals surface area contributed by atoms with Gasteiger partial charge in [-0.25, -0.2) is 4.79 Å². The Labute approximate surface area is 156 Å². The summed E-state index contributed by atoms with van der Waals surface area (Å²) in [5, 5.41) is 5.78. The fraction of sp³-hybridized carbons (Fsp3) is 0.263. The quantitative estimate of drug-likeness (QED) is 0.677. The maximum absolute atomic E-state index is 12.4. The van der Waals surface area contributed by atoms with Crippen molar-refractivity contribution in [2.75, 3.05) is 26.1 Å². The third-order valence-electron chi connectivity index (χ3n) is 4.14. The SMILES string of the molecule is COC(=O)c1cc2ccsc2n1CC(=O)NCc1ccc(N(C)C)cc1. The first kappa shape index (κ1) is 18.0. The van der Waals surface area contributed by atoms with Crippen LogP contribution >= 0.6 is 11.3 Å². The molecule has 1 aromatic carbocycles. The molecule has 0 bridgehead atoms. The van der Waals surface area contributed by atoms with Gasteiger partial charge in [-0.05, 0) is 35.2 Å². The highest BCUT2D eigenvalue weighted by Gasteiger charge is 2.18. The van der Waals surface area contributed by atoms with Gasteiger partial charge in [0, 0.05) is 31.7 Å². The predicted octanol–water partition coefficient (Wildman–Crippen LogP) is 2.87. The Morgan fingerprint density at radius 2 is 1.92 bits per heavy atom. The molecule has 0 spiro atoms. The van der Waals surface area contributed by atoms with Crippen LogP contribution in [-0.4, -0.2) is 37.6 Å². The van der Waals surface area contributed by atoms with Crippen molar-refractivity contribution < 1.29 is 14.3 Å². The Balaban J connectivity index is 1.69. The Morgan fingerprint density at radius 3 is 2.58 bits per heavy atom. The minimum absolute atomic E-state index is 0.0736. The molecule has 136 valence electrons. The molecule has 0 aliphatic carbocycles. The third-order valence-corrected chi connectivity index (χ3v) is 5.09. The molecule has 0 aliphatic heterocycles. The number of aromatic nitrogens is 1. The number of rotatable bonds is 6. The second kappa shape index (κ2) is 7.61. The van der Waals surface area contributed by atoms with Crippen molar-refractivity contribution in [1.82, 2.24) is 9.88 Å². The van der Waals surface area contributed by atoms with Gasteiger partial charge in [-0.15, -0.1) is 11.3 Å². The number of methoxy groups -OCH3 is 1. The molecule has 2 heterocycles. The first-order chi connectivity index (χ1) is 12.5. The van der Waals surface area contributed by atoms with Crippen molar-refractivity contribution >= 4 is 39.1 Å². The number of carbonyl (C=O) groups excluding carboxylic acids is 2. The van der Waals surface area contributed by atoms with Crippen LogP contribution in [0, 0.1) is 0 Å². The van der Waals surface area contributed by atoms with Gasteiger partial charge in [-0.2, -0.15) is 0 Å². The molecule has 3 aromatic rings. The molecule has 0 aliphatic rings. The number of hydrogen-bond acceptors (Lipinski definition) is 5. The summed E-state index contributed by atoms with van der Waals surface area (Å²) in [6.45, 7) is 0.513. The van der Waals surface area contributed by atoms with Crippen molar-refractivity contribution in [1.29, 1.82) is 0 Å². The van der Waals surface area contributed by atoms with E-state index in [1.54, 1.807) is 10.6 Å². The summed E-state index contributed by atoms with van der Waals surface area (Å²) in [7, 11) is 5.31. The number of amides is 1. The largest absolute Gasteiger partial charge is 0.464 e. The number of thiophene rings is 1. The van der Waals surface area contributed by atoms with Crippen molar-refractivity contribution in [3.05, 3.63) is 53.0 Å². The van der Waals surface area contributed by atoms with Gasteiger partial charge in [0.2, 0.25) is 5.91 Å². The number of nitrogens with one attached hydrogen (secondary N) is 1. The second-order valence-electron chi connectivity index (χ2n) is 6.13. The maximum Gasteiger partial charge on any atom is 0.354 e. The average Bonchev–Trinajstić information content (AvgIpc) is 3.22. The first-order valence-electron chi connectivity index (χ1n) is 8.17. The summed E-state index contributed by atoms with van der Waals surface area (Å²) in [6, 6.07) is 11.7. The molecule has 3 rings (SSSR count). The normalized spacial score (nSPS) is 10.7. The Bertz CT molecular complexity index is 925. The van der Waals surface area contributed by atoms with E-state index in [-0.39, 0.29) is 12.5 Å². The lowest BCUT2D eigenvalue weighted by Crippen LogP contribution is -2.28. The van der Waals surface area contributed by atoms with E-state index < -0.39 is 5.97 Å². The number of nitrogens with zero attached hydrogens (tertiary/aromatic N) is 2. The van der Waals surface area contributed by atoms with Crippen LogP contribution in [0.15, 0.2) is 41.8 Å². The van der Waals surface area contributed by atoms with E-state index in [9.17, 15) is 9.59 Å². The molecule has 2 aromatic heterocycles. The fourth-order valence-electron chi connectivity index (χ4n) is 2.72. The van der Waals surface area contributed by atoms with Gasteiger partial charge >= 0.3 is 5.97 Å². The molecule has 0 fully saturated rings. The lowest BCUT2D eigenvalue weighted by Gasteiger charge is -2.13. The van der Waals surface area contributed by atoms with Crippen molar-refractivity contribution in [2.24, 2.45) is 0 Å². The summed E-state index contributed by atoms with van der Waals surface area (Å²) in [6.07, 6.45) is 0. The van der Waals surface area contributed by atoms with E-state index in [1.165, 1.54) is 18.4 Å². The number of esters is 1. The monoisotopic (exact) mass is 371 g/mol. The minimum Gasteiger partial charge on any atom is -0.464 e. The Kier molecular flexibility index (Phi) is 5.27. The molecular weight excluding hydrogens is 350 g/mol. The van der Waals surface area contributed by atoms with Crippen LogP contribution in [0.25, 0.3) is 10.2 Å². The average molecular weight is 371 g/mol. The molecule has 6 nitrogen and oxygen atoms in total. The van der Waals surface area contributed by atoms with E-state index in [0.29, 0.717) is 12.2 Å². The van der Waals surface area contributed by atoms with Gasteiger partial charge in [0.15, 0.2) is 0 Å². The fourth-order valence-corrected chi connectivity index (χ4v) is 3.61. The summed E-state index contributed by atoms with van der Waals surface area (Å²) in [5.41, 5.74) is 2.51. The lowest BCUT2D eigenvalue weighted by molar-refractivity contribution is -0.121. The molecule has 0 unspecified atom stereocenters. The van der Waals surface area contributed by atoms with Crippen LogP contribution in [0.3, 0.4) is 0 Å².